The van der Waals surface area contributed by atoms with Gasteiger partial charge in [-0.2, -0.15) is 4.98 Å². The van der Waals surface area contributed by atoms with Gasteiger partial charge in [-0.25, -0.2) is 0 Å². The van der Waals surface area contributed by atoms with E-state index in [0.717, 1.165) is 50.2 Å². The summed E-state index contributed by atoms with van der Waals surface area (Å²) in [4.78, 5) is 8.04. The van der Waals surface area contributed by atoms with Gasteiger partial charge in [0, 0.05) is 31.1 Å². The van der Waals surface area contributed by atoms with Crippen LogP contribution in [0.2, 0.25) is 0 Å². The average Bonchev–Trinajstić information content (AvgIpc) is 2.95. The predicted octanol–water partition coefficient (Wildman–Crippen LogP) is 2.08. The third-order valence-electron chi connectivity index (χ3n) is 3.47. The lowest BCUT2D eigenvalue weighted by Gasteiger charge is -2.25. The largest absolute Gasteiger partial charge is 0.338 e. The van der Waals surface area contributed by atoms with Gasteiger partial charge in [0.15, 0.2) is 5.82 Å². The first-order valence-corrected chi connectivity index (χ1v) is 8.22. The van der Waals surface area contributed by atoms with E-state index in [-0.39, 0.29) is 0 Å². The van der Waals surface area contributed by atoms with Gasteiger partial charge in [0.2, 0.25) is 5.89 Å². The van der Waals surface area contributed by atoms with E-state index in [0.29, 0.717) is 0 Å². The molecule has 112 valence electrons. The number of benzene rings is 1. The Morgan fingerprint density at radius 3 is 2.76 bits per heavy atom. The van der Waals surface area contributed by atoms with Crippen molar-refractivity contribution in [3.63, 3.8) is 0 Å². The minimum atomic E-state index is 0.719. The Morgan fingerprint density at radius 2 is 2.00 bits per heavy atom. The lowest BCUT2D eigenvalue weighted by molar-refractivity contribution is 0.203. The van der Waals surface area contributed by atoms with Gasteiger partial charge < -0.3 is 9.84 Å². The quantitative estimate of drug-likeness (QED) is 0.854. The Bertz CT molecular complexity index is 563. The molecule has 0 amide bonds. The zero-order valence-electron chi connectivity index (χ0n) is 12.2. The van der Waals surface area contributed by atoms with Gasteiger partial charge in [-0.15, -0.1) is 11.8 Å². The van der Waals surface area contributed by atoms with Crippen LogP contribution >= 0.6 is 11.8 Å². The second-order valence-corrected chi connectivity index (χ2v) is 6.28. The van der Waals surface area contributed by atoms with Crippen molar-refractivity contribution in [3.05, 3.63) is 41.5 Å². The van der Waals surface area contributed by atoms with Crippen molar-refractivity contribution in [2.24, 2.45) is 0 Å². The second kappa shape index (κ2) is 7.06. The van der Waals surface area contributed by atoms with E-state index in [1.54, 1.807) is 11.8 Å². The minimum absolute atomic E-state index is 0.719. The van der Waals surface area contributed by atoms with Gasteiger partial charge in [-0.3, -0.25) is 4.90 Å². The summed E-state index contributed by atoms with van der Waals surface area (Å²) in [7, 11) is 0. The molecule has 1 aromatic heterocycles. The van der Waals surface area contributed by atoms with Crippen molar-refractivity contribution < 1.29 is 4.52 Å². The van der Waals surface area contributed by atoms with Crippen LogP contribution in [0.4, 0.5) is 0 Å². The van der Waals surface area contributed by atoms with E-state index in [4.69, 9.17) is 4.52 Å². The van der Waals surface area contributed by atoms with E-state index >= 15 is 0 Å². The monoisotopic (exact) mass is 304 g/mol. The average molecular weight is 304 g/mol. The lowest BCUT2D eigenvalue weighted by Crippen LogP contribution is -2.42. The molecule has 21 heavy (non-hydrogen) atoms. The van der Waals surface area contributed by atoms with Gasteiger partial charge in [-0.05, 0) is 19.1 Å². The number of hydrogen-bond donors (Lipinski definition) is 1. The molecule has 2 heterocycles. The standard InChI is InChI=1S/C15H20N4OS/c1-12-2-4-13(5-3-12)21-11-14-17-15(20-18-14)10-19-8-6-16-7-9-19/h2-5,16H,6-11H2,1H3. The smallest absolute Gasteiger partial charge is 0.240 e. The molecular formula is C15H20N4OS. The molecular weight excluding hydrogens is 284 g/mol. The predicted molar refractivity (Wildman–Crippen MR) is 83.2 cm³/mol. The summed E-state index contributed by atoms with van der Waals surface area (Å²) in [6.45, 7) is 6.99. The topological polar surface area (TPSA) is 54.2 Å². The van der Waals surface area contributed by atoms with Crippen molar-refractivity contribution in [2.75, 3.05) is 26.2 Å². The molecule has 6 heteroatoms. The zero-order valence-corrected chi connectivity index (χ0v) is 13.0. The molecule has 0 atom stereocenters. The first-order valence-electron chi connectivity index (χ1n) is 7.23. The van der Waals surface area contributed by atoms with Crippen LogP contribution in [0, 0.1) is 6.92 Å². The summed E-state index contributed by atoms with van der Waals surface area (Å²) in [5.41, 5.74) is 1.28. The molecule has 0 radical (unpaired) electrons. The SMILES string of the molecule is Cc1ccc(SCc2noc(CN3CCNCC3)n2)cc1. The first-order chi connectivity index (χ1) is 10.3. The second-order valence-electron chi connectivity index (χ2n) is 5.23. The van der Waals surface area contributed by atoms with Crippen LogP contribution in [0.1, 0.15) is 17.3 Å². The highest BCUT2D eigenvalue weighted by Crippen LogP contribution is 2.21. The van der Waals surface area contributed by atoms with Crippen LogP contribution in [0.25, 0.3) is 0 Å². The summed E-state index contributed by atoms with van der Waals surface area (Å²) < 4.78 is 5.34. The molecule has 0 unspecified atom stereocenters. The van der Waals surface area contributed by atoms with Crippen LogP contribution in [-0.4, -0.2) is 41.2 Å². The van der Waals surface area contributed by atoms with Gasteiger partial charge in [0.25, 0.3) is 0 Å². The molecule has 0 spiro atoms. The van der Waals surface area contributed by atoms with E-state index in [2.05, 4.69) is 51.5 Å². The van der Waals surface area contributed by atoms with Gasteiger partial charge in [0.05, 0.1) is 12.3 Å². The van der Waals surface area contributed by atoms with Crippen LogP contribution in [0.5, 0.6) is 0 Å². The highest BCUT2D eigenvalue weighted by molar-refractivity contribution is 7.98. The normalized spacial score (nSPS) is 16.2. The van der Waals surface area contributed by atoms with Gasteiger partial charge in [-0.1, -0.05) is 22.9 Å². The molecule has 0 bridgehead atoms. The number of piperazine rings is 1. The Morgan fingerprint density at radius 1 is 1.24 bits per heavy atom. The first kappa shape index (κ1) is 14.6. The van der Waals surface area contributed by atoms with E-state index in [9.17, 15) is 0 Å². The fourth-order valence-electron chi connectivity index (χ4n) is 2.26. The Labute approximate surface area is 129 Å². The third kappa shape index (κ3) is 4.30. The Hall–Kier alpha value is -1.37. The van der Waals surface area contributed by atoms with Crippen molar-refractivity contribution in [1.82, 2.24) is 20.4 Å². The van der Waals surface area contributed by atoms with Crippen molar-refractivity contribution in [1.29, 1.82) is 0 Å². The van der Waals surface area contributed by atoms with Gasteiger partial charge in [0.1, 0.15) is 0 Å². The summed E-state index contributed by atoms with van der Waals surface area (Å²) in [5, 5.41) is 7.40. The number of rotatable bonds is 5. The molecule has 1 aromatic carbocycles. The fraction of sp³-hybridized carbons (Fsp3) is 0.467. The van der Waals surface area contributed by atoms with Crippen LogP contribution in [0.15, 0.2) is 33.7 Å². The molecule has 1 saturated heterocycles. The zero-order chi connectivity index (χ0) is 14.5. The molecule has 3 rings (SSSR count). The highest BCUT2D eigenvalue weighted by atomic mass is 32.2. The molecule has 0 saturated carbocycles. The minimum Gasteiger partial charge on any atom is -0.338 e. The number of aromatic nitrogens is 2. The molecule has 1 aliphatic rings. The molecule has 1 aliphatic heterocycles. The maximum absolute atomic E-state index is 5.34. The summed E-state index contributed by atoms with van der Waals surface area (Å²) in [6, 6.07) is 8.49. The van der Waals surface area contributed by atoms with Crippen molar-refractivity contribution in [3.8, 4) is 0 Å². The van der Waals surface area contributed by atoms with Crippen molar-refractivity contribution in [2.45, 2.75) is 24.1 Å². The van der Waals surface area contributed by atoms with Crippen LogP contribution in [-0.2, 0) is 12.3 Å². The summed E-state index contributed by atoms with van der Waals surface area (Å²) in [6.07, 6.45) is 0. The van der Waals surface area contributed by atoms with E-state index in [1.807, 2.05) is 0 Å². The van der Waals surface area contributed by atoms with Gasteiger partial charge >= 0.3 is 0 Å². The third-order valence-corrected chi connectivity index (χ3v) is 4.48. The molecule has 5 nitrogen and oxygen atoms in total. The molecule has 1 fully saturated rings. The highest BCUT2D eigenvalue weighted by Gasteiger charge is 2.14. The number of nitrogens with zero attached hydrogens (tertiary/aromatic N) is 3. The number of aryl methyl sites for hydroxylation is 1. The maximum atomic E-state index is 5.34. The maximum Gasteiger partial charge on any atom is 0.240 e. The Balaban J connectivity index is 1.51. The molecule has 2 aromatic rings. The van der Waals surface area contributed by atoms with Crippen LogP contribution in [0.3, 0.4) is 0 Å². The molecule has 0 aliphatic carbocycles. The Kier molecular flexibility index (Phi) is 4.90. The lowest BCUT2D eigenvalue weighted by atomic mass is 10.2. The number of hydrogen-bond acceptors (Lipinski definition) is 6. The van der Waals surface area contributed by atoms with Crippen LogP contribution < -0.4 is 5.32 Å². The van der Waals surface area contributed by atoms with E-state index in [1.165, 1.54) is 10.5 Å². The van der Waals surface area contributed by atoms with Crippen molar-refractivity contribution >= 4 is 11.8 Å². The number of nitrogens with one attached hydrogen (secondary N) is 1. The molecule has 1 N–H and O–H groups in total. The van der Waals surface area contributed by atoms with E-state index < -0.39 is 0 Å². The number of thioether (sulfide) groups is 1. The summed E-state index contributed by atoms with van der Waals surface area (Å²) in [5.74, 6) is 2.23. The fourth-order valence-corrected chi connectivity index (χ4v) is 3.00. The summed E-state index contributed by atoms with van der Waals surface area (Å²) >= 11 is 1.73.